The average Bonchev–Trinajstić information content (AvgIpc) is 2.67. The molecule has 0 heterocycles. The fraction of sp³-hybridized carbons (Fsp3) is 0.350. The number of carbonyl (C=O) groups is 1. The molecule has 1 N–H and O–H groups in total. The van der Waals surface area contributed by atoms with Crippen molar-refractivity contribution in [2.75, 3.05) is 20.2 Å². The van der Waals surface area contributed by atoms with Gasteiger partial charge in [-0.05, 0) is 42.8 Å². The molecule has 0 saturated heterocycles. The monoisotopic (exact) mass is 468 g/mol. The summed E-state index contributed by atoms with van der Waals surface area (Å²) in [6.45, 7) is 6.31. The van der Waals surface area contributed by atoms with Crippen molar-refractivity contribution in [2.24, 2.45) is 0 Å². The van der Waals surface area contributed by atoms with E-state index in [4.69, 9.17) is 4.74 Å². The summed E-state index contributed by atoms with van der Waals surface area (Å²) in [5.41, 5.74) is 1.72. The summed E-state index contributed by atoms with van der Waals surface area (Å²) in [7, 11) is -2.08. The topological polar surface area (TPSA) is 75.7 Å². The van der Waals surface area contributed by atoms with Gasteiger partial charge in [-0.1, -0.05) is 35.8 Å². The Hall–Kier alpha value is -1.90. The third-order valence-electron chi connectivity index (χ3n) is 4.46. The Morgan fingerprint density at radius 1 is 1.14 bits per heavy atom. The zero-order valence-electron chi connectivity index (χ0n) is 16.5. The molecule has 8 heteroatoms. The lowest BCUT2D eigenvalue weighted by atomic mass is 10.1. The van der Waals surface area contributed by atoms with Crippen LogP contribution in [0.1, 0.15) is 35.3 Å². The lowest BCUT2D eigenvalue weighted by Crippen LogP contribution is -2.31. The van der Waals surface area contributed by atoms with Gasteiger partial charge in [0, 0.05) is 35.2 Å². The van der Waals surface area contributed by atoms with E-state index in [0.717, 1.165) is 10.0 Å². The first kappa shape index (κ1) is 22.4. The van der Waals surface area contributed by atoms with Crippen LogP contribution in [0.4, 0.5) is 0 Å². The van der Waals surface area contributed by atoms with Gasteiger partial charge in [0.25, 0.3) is 5.91 Å². The summed E-state index contributed by atoms with van der Waals surface area (Å²) in [5, 5.41) is 2.82. The van der Waals surface area contributed by atoms with Crippen LogP contribution < -0.4 is 10.1 Å². The zero-order chi connectivity index (χ0) is 20.9. The second kappa shape index (κ2) is 9.54. The molecule has 2 rings (SSSR count). The molecule has 0 radical (unpaired) electrons. The highest BCUT2D eigenvalue weighted by Crippen LogP contribution is 2.24. The molecule has 28 heavy (non-hydrogen) atoms. The zero-order valence-corrected chi connectivity index (χ0v) is 18.9. The molecule has 0 unspecified atom stereocenters. The van der Waals surface area contributed by atoms with Crippen LogP contribution in [0.3, 0.4) is 0 Å². The van der Waals surface area contributed by atoms with Crippen LogP contribution in [-0.2, 0) is 16.6 Å². The van der Waals surface area contributed by atoms with E-state index in [-0.39, 0.29) is 17.3 Å². The van der Waals surface area contributed by atoms with Crippen LogP contribution in [0.5, 0.6) is 5.75 Å². The molecule has 0 atom stereocenters. The highest BCUT2D eigenvalue weighted by atomic mass is 79.9. The Kier molecular flexibility index (Phi) is 7.63. The Bertz CT molecular complexity index is 957. The van der Waals surface area contributed by atoms with Gasteiger partial charge in [-0.3, -0.25) is 4.79 Å². The highest BCUT2D eigenvalue weighted by Gasteiger charge is 2.24. The fourth-order valence-electron chi connectivity index (χ4n) is 2.88. The molecule has 0 aliphatic carbocycles. The van der Waals surface area contributed by atoms with Gasteiger partial charge in [0.2, 0.25) is 10.0 Å². The number of sulfonamides is 1. The van der Waals surface area contributed by atoms with E-state index in [9.17, 15) is 13.2 Å². The molecule has 0 aliphatic rings. The predicted molar refractivity (Wildman–Crippen MR) is 113 cm³/mol. The maximum Gasteiger partial charge on any atom is 0.251 e. The Balaban J connectivity index is 2.27. The molecule has 2 aromatic rings. The molecule has 0 bridgehead atoms. The van der Waals surface area contributed by atoms with E-state index >= 15 is 0 Å². The van der Waals surface area contributed by atoms with Gasteiger partial charge < -0.3 is 10.1 Å². The smallest absolute Gasteiger partial charge is 0.251 e. The van der Waals surface area contributed by atoms with E-state index in [0.29, 0.717) is 30.0 Å². The molecule has 152 valence electrons. The van der Waals surface area contributed by atoms with Crippen molar-refractivity contribution in [3.63, 3.8) is 0 Å². The number of rotatable bonds is 8. The number of benzene rings is 2. The van der Waals surface area contributed by atoms with Gasteiger partial charge >= 0.3 is 0 Å². The van der Waals surface area contributed by atoms with E-state index < -0.39 is 10.0 Å². The fourth-order valence-corrected chi connectivity index (χ4v) is 5.00. The van der Waals surface area contributed by atoms with Crippen LogP contribution in [0.2, 0.25) is 0 Å². The van der Waals surface area contributed by atoms with E-state index in [2.05, 4.69) is 21.2 Å². The summed E-state index contributed by atoms with van der Waals surface area (Å²) in [5.74, 6) is 0.315. The number of hydrogen-bond acceptors (Lipinski definition) is 4. The third kappa shape index (κ3) is 4.92. The Morgan fingerprint density at radius 3 is 2.43 bits per heavy atom. The summed E-state index contributed by atoms with van der Waals surface area (Å²) in [6, 6.07) is 10.3. The Morgan fingerprint density at radius 2 is 1.82 bits per heavy atom. The molecule has 0 aliphatic heterocycles. The third-order valence-corrected chi connectivity index (χ3v) is 7.14. The normalized spacial score (nSPS) is 11.5. The largest absolute Gasteiger partial charge is 0.496 e. The lowest BCUT2D eigenvalue weighted by Gasteiger charge is -2.20. The van der Waals surface area contributed by atoms with Crippen LogP contribution >= 0.6 is 15.9 Å². The summed E-state index contributed by atoms with van der Waals surface area (Å²) in [6.07, 6.45) is 0. The first-order chi connectivity index (χ1) is 13.2. The van der Waals surface area contributed by atoms with Crippen LogP contribution in [0, 0.1) is 6.92 Å². The maximum absolute atomic E-state index is 12.9. The van der Waals surface area contributed by atoms with Gasteiger partial charge in [-0.2, -0.15) is 4.31 Å². The maximum atomic E-state index is 12.9. The minimum absolute atomic E-state index is 0.156. The minimum Gasteiger partial charge on any atom is -0.496 e. The van der Waals surface area contributed by atoms with Crippen LogP contribution in [0.15, 0.2) is 45.8 Å². The molecule has 6 nitrogen and oxygen atoms in total. The first-order valence-corrected chi connectivity index (χ1v) is 11.2. The van der Waals surface area contributed by atoms with Crippen molar-refractivity contribution in [1.29, 1.82) is 0 Å². The number of nitrogens with zero attached hydrogens (tertiary/aromatic N) is 1. The van der Waals surface area contributed by atoms with Crippen molar-refractivity contribution in [1.82, 2.24) is 9.62 Å². The predicted octanol–water partition coefficient (Wildman–Crippen LogP) is 3.73. The van der Waals surface area contributed by atoms with Crippen molar-refractivity contribution in [3.8, 4) is 5.75 Å². The van der Waals surface area contributed by atoms with E-state index in [1.807, 2.05) is 18.2 Å². The molecular formula is C20H25BrN2O4S. The molecule has 1 amide bonds. The number of aryl methyl sites for hydroxylation is 1. The molecule has 2 aromatic carbocycles. The van der Waals surface area contributed by atoms with Gasteiger partial charge in [0.05, 0.1) is 12.0 Å². The number of carbonyl (C=O) groups excluding carboxylic acids is 1. The number of nitrogens with one attached hydrogen (secondary N) is 1. The number of halogens is 1. The highest BCUT2D eigenvalue weighted by molar-refractivity contribution is 9.10. The second-order valence-corrected chi connectivity index (χ2v) is 9.03. The van der Waals surface area contributed by atoms with Crippen molar-refractivity contribution in [2.45, 2.75) is 32.2 Å². The summed E-state index contributed by atoms with van der Waals surface area (Å²) in [4.78, 5) is 12.8. The lowest BCUT2D eigenvalue weighted by molar-refractivity contribution is 0.0950. The first-order valence-electron chi connectivity index (χ1n) is 8.96. The van der Waals surface area contributed by atoms with Crippen LogP contribution in [0.25, 0.3) is 0 Å². The van der Waals surface area contributed by atoms with Crippen molar-refractivity contribution < 1.29 is 17.9 Å². The number of hydrogen-bond donors (Lipinski definition) is 1. The molecular weight excluding hydrogens is 444 g/mol. The number of methoxy groups -OCH3 is 1. The molecule has 0 spiro atoms. The summed E-state index contributed by atoms with van der Waals surface area (Å²) >= 11 is 3.40. The van der Waals surface area contributed by atoms with Crippen LogP contribution in [-0.4, -0.2) is 38.8 Å². The number of ether oxygens (including phenoxy) is 1. The summed E-state index contributed by atoms with van der Waals surface area (Å²) < 4.78 is 33.3. The molecule has 0 saturated carbocycles. The minimum atomic E-state index is -3.64. The van der Waals surface area contributed by atoms with Gasteiger partial charge in [-0.25, -0.2) is 8.42 Å². The van der Waals surface area contributed by atoms with E-state index in [1.54, 1.807) is 40.0 Å². The average molecular weight is 469 g/mol. The standard InChI is InChI=1S/C20H25BrN2O4S/c1-5-23(6-2)28(25,26)19-12-15(8-7-14(19)3)20(24)22-13-16-11-17(21)9-10-18(16)27-4/h7-12H,5-6,13H2,1-4H3,(H,22,24). The van der Waals surface area contributed by atoms with Gasteiger partial charge in [0.15, 0.2) is 0 Å². The quantitative estimate of drug-likeness (QED) is 0.640. The van der Waals surface area contributed by atoms with Crippen molar-refractivity contribution >= 4 is 31.9 Å². The molecule has 0 fully saturated rings. The van der Waals surface area contributed by atoms with Gasteiger partial charge in [0.1, 0.15) is 5.75 Å². The molecule has 0 aromatic heterocycles. The Labute approximate surface area is 175 Å². The second-order valence-electron chi connectivity index (χ2n) is 6.21. The number of amides is 1. The van der Waals surface area contributed by atoms with Gasteiger partial charge in [-0.15, -0.1) is 0 Å². The SMILES string of the molecule is CCN(CC)S(=O)(=O)c1cc(C(=O)NCc2cc(Br)ccc2OC)ccc1C. The van der Waals surface area contributed by atoms with Crippen molar-refractivity contribution in [3.05, 3.63) is 57.6 Å². The van der Waals surface area contributed by atoms with E-state index in [1.165, 1.54) is 10.4 Å².